The van der Waals surface area contributed by atoms with Gasteiger partial charge in [-0.25, -0.2) is 0 Å². The van der Waals surface area contributed by atoms with E-state index in [0.29, 0.717) is 36.6 Å². The molecule has 0 aromatic heterocycles. The Labute approximate surface area is 149 Å². The van der Waals surface area contributed by atoms with Crippen molar-refractivity contribution in [1.82, 2.24) is 4.90 Å². The summed E-state index contributed by atoms with van der Waals surface area (Å²) in [5, 5.41) is 9.66. The predicted octanol–water partition coefficient (Wildman–Crippen LogP) is 3.52. The zero-order valence-electron chi connectivity index (χ0n) is 13.4. The third-order valence-electron chi connectivity index (χ3n) is 3.25. The van der Waals surface area contributed by atoms with Gasteiger partial charge in [0.05, 0.1) is 16.5 Å². The van der Waals surface area contributed by atoms with E-state index in [4.69, 9.17) is 21.1 Å². The lowest BCUT2D eigenvalue weighted by atomic mass is 10.2. The highest BCUT2D eigenvalue weighted by Crippen LogP contribution is 2.38. The third-order valence-corrected chi connectivity index (χ3v) is 4.45. The SMILES string of the molecule is CCOc1cc(/C=C2/SC(=O)N(CCCOC)C2=O)cc(Cl)c1O. The quantitative estimate of drug-likeness (QED) is 0.583. The number of imide groups is 1. The summed E-state index contributed by atoms with van der Waals surface area (Å²) in [6.07, 6.45) is 2.15. The van der Waals surface area contributed by atoms with Crippen molar-refractivity contribution < 1.29 is 24.2 Å². The van der Waals surface area contributed by atoms with Crippen LogP contribution in [0.15, 0.2) is 17.0 Å². The summed E-state index contributed by atoms with van der Waals surface area (Å²) in [6, 6.07) is 3.09. The molecule has 1 aliphatic heterocycles. The summed E-state index contributed by atoms with van der Waals surface area (Å²) in [5.74, 6) is -0.262. The van der Waals surface area contributed by atoms with E-state index in [1.54, 1.807) is 26.2 Å². The zero-order valence-corrected chi connectivity index (χ0v) is 14.9. The first kappa shape index (κ1) is 18.6. The predicted molar refractivity (Wildman–Crippen MR) is 93.5 cm³/mol. The second kappa shape index (κ2) is 8.41. The van der Waals surface area contributed by atoms with Gasteiger partial charge in [-0.1, -0.05) is 11.6 Å². The molecule has 24 heavy (non-hydrogen) atoms. The topological polar surface area (TPSA) is 76.1 Å². The average Bonchev–Trinajstić information content (AvgIpc) is 2.80. The first-order chi connectivity index (χ1) is 11.5. The number of carbonyl (C=O) groups excluding carboxylic acids is 2. The summed E-state index contributed by atoms with van der Waals surface area (Å²) in [7, 11) is 1.57. The average molecular weight is 372 g/mol. The molecule has 8 heteroatoms. The van der Waals surface area contributed by atoms with Crippen molar-refractivity contribution in [3.05, 3.63) is 27.6 Å². The number of phenols is 1. The van der Waals surface area contributed by atoms with Crippen LogP contribution in [0.25, 0.3) is 6.08 Å². The first-order valence-electron chi connectivity index (χ1n) is 7.37. The maximum Gasteiger partial charge on any atom is 0.293 e. The highest BCUT2D eigenvalue weighted by atomic mass is 35.5. The van der Waals surface area contributed by atoms with Crippen molar-refractivity contribution in [3.63, 3.8) is 0 Å². The van der Waals surface area contributed by atoms with Gasteiger partial charge in [-0.2, -0.15) is 0 Å². The number of ether oxygens (including phenoxy) is 2. The van der Waals surface area contributed by atoms with Crippen molar-refractivity contribution in [3.8, 4) is 11.5 Å². The molecular weight excluding hydrogens is 354 g/mol. The number of amides is 2. The highest BCUT2D eigenvalue weighted by Gasteiger charge is 2.34. The van der Waals surface area contributed by atoms with Gasteiger partial charge in [-0.15, -0.1) is 0 Å². The lowest BCUT2D eigenvalue weighted by Gasteiger charge is -2.11. The Hall–Kier alpha value is -1.70. The van der Waals surface area contributed by atoms with E-state index in [-0.39, 0.29) is 27.7 Å². The second-order valence-corrected chi connectivity index (χ2v) is 6.36. The van der Waals surface area contributed by atoms with E-state index in [1.807, 2.05) is 0 Å². The lowest BCUT2D eigenvalue weighted by Crippen LogP contribution is -2.29. The van der Waals surface area contributed by atoms with Gasteiger partial charge < -0.3 is 14.6 Å². The van der Waals surface area contributed by atoms with Crippen LogP contribution in [-0.4, -0.2) is 48.0 Å². The van der Waals surface area contributed by atoms with Crippen LogP contribution in [0.5, 0.6) is 11.5 Å². The van der Waals surface area contributed by atoms with Gasteiger partial charge in [0, 0.05) is 20.3 Å². The van der Waals surface area contributed by atoms with Crippen molar-refractivity contribution >= 4 is 40.6 Å². The molecule has 130 valence electrons. The summed E-state index contributed by atoms with van der Waals surface area (Å²) in [5.41, 5.74) is 0.573. The van der Waals surface area contributed by atoms with Gasteiger partial charge >= 0.3 is 0 Å². The van der Waals surface area contributed by atoms with Crippen LogP contribution >= 0.6 is 23.4 Å². The molecule has 1 heterocycles. The van der Waals surface area contributed by atoms with Gasteiger partial charge in [-0.3, -0.25) is 14.5 Å². The largest absolute Gasteiger partial charge is 0.503 e. The van der Waals surface area contributed by atoms with Crippen LogP contribution in [0.3, 0.4) is 0 Å². The van der Waals surface area contributed by atoms with Crippen molar-refractivity contribution in [2.24, 2.45) is 0 Å². The summed E-state index contributed by atoms with van der Waals surface area (Å²) >= 11 is 6.85. The molecule has 1 aliphatic rings. The van der Waals surface area contributed by atoms with Crippen molar-refractivity contribution in [2.75, 3.05) is 26.9 Å². The number of hydrogen-bond acceptors (Lipinski definition) is 6. The molecule has 0 bridgehead atoms. The third kappa shape index (κ3) is 4.23. The monoisotopic (exact) mass is 371 g/mol. The van der Waals surface area contributed by atoms with E-state index in [9.17, 15) is 14.7 Å². The number of methoxy groups -OCH3 is 1. The Kier molecular flexibility index (Phi) is 6.53. The Balaban J connectivity index is 2.22. The van der Waals surface area contributed by atoms with Gasteiger partial charge in [0.25, 0.3) is 11.1 Å². The molecule has 0 spiro atoms. The Bertz CT molecular complexity index is 677. The summed E-state index contributed by atoms with van der Waals surface area (Å²) in [6.45, 7) is 2.94. The highest BCUT2D eigenvalue weighted by molar-refractivity contribution is 8.18. The molecule has 0 radical (unpaired) electrons. The fraction of sp³-hybridized carbons (Fsp3) is 0.375. The van der Waals surface area contributed by atoms with E-state index in [2.05, 4.69) is 0 Å². The fourth-order valence-corrected chi connectivity index (χ4v) is 3.24. The van der Waals surface area contributed by atoms with E-state index in [0.717, 1.165) is 11.8 Å². The number of nitrogens with zero attached hydrogens (tertiary/aromatic N) is 1. The van der Waals surface area contributed by atoms with E-state index in [1.165, 1.54) is 11.0 Å². The first-order valence-corrected chi connectivity index (χ1v) is 8.57. The molecule has 0 unspecified atom stereocenters. The minimum absolute atomic E-state index is 0.117. The molecule has 6 nitrogen and oxygen atoms in total. The molecule has 0 saturated carbocycles. The number of carbonyl (C=O) groups is 2. The molecule has 2 rings (SSSR count). The molecule has 1 N–H and O–H groups in total. The van der Waals surface area contributed by atoms with Gasteiger partial charge in [-0.05, 0) is 48.9 Å². The van der Waals surface area contributed by atoms with Crippen molar-refractivity contribution in [1.29, 1.82) is 0 Å². The molecule has 0 aliphatic carbocycles. The fourth-order valence-electron chi connectivity index (χ4n) is 2.15. The van der Waals surface area contributed by atoms with Crippen LogP contribution in [0, 0.1) is 0 Å². The maximum absolute atomic E-state index is 12.3. The van der Waals surface area contributed by atoms with Gasteiger partial charge in [0.15, 0.2) is 11.5 Å². The van der Waals surface area contributed by atoms with Gasteiger partial charge in [0.2, 0.25) is 0 Å². The number of thioether (sulfide) groups is 1. The van der Waals surface area contributed by atoms with Crippen LogP contribution in [0.2, 0.25) is 5.02 Å². The summed E-state index contributed by atoms with van der Waals surface area (Å²) < 4.78 is 10.2. The minimum Gasteiger partial charge on any atom is -0.503 e. The molecule has 1 fully saturated rings. The number of phenolic OH excluding ortho intramolecular Hbond substituents is 1. The van der Waals surface area contributed by atoms with E-state index < -0.39 is 0 Å². The van der Waals surface area contributed by atoms with Crippen molar-refractivity contribution in [2.45, 2.75) is 13.3 Å². The molecule has 1 saturated heterocycles. The normalized spacial score (nSPS) is 16.3. The number of aromatic hydroxyl groups is 1. The molecule has 2 amide bonds. The second-order valence-electron chi connectivity index (χ2n) is 4.96. The van der Waals surface area contributed by atoms with Gasteiger partial charge in [0.1, 0.15) is 0 Å². The van der Waals surface area contributed by atoms with Crippen LogP contribution in [-0.2, 0) is 9.53 Å². The number of hydrogen-bond donors (Lipinski definition) is 1. The molecular formula is C16H18ClNO5S. The van der Waals surface area contributed by atoms with E-state index >= 15 is 0 Å². The van der Waals surface area contributed by atoms with Crippen LogP contribution in [0.1, 0.15) is 18.9 Å². The Morgan fingerprint density at radius 1 is 1.38 bits per heavy atom. The molecule has 1 aromatic rings. The zero-order chi connectivity index (χ0) is 17.7. The maximum atomic E-state index is 12.3. The number of halogens is 1. The standard InChI is InChI=1S/C16H18ClNO5S/c1-3-23-12-8-10(7-11(17)14(12)19)9-13-15(20)18(16(21)24-13)5-4-6-22-2/h7-9,19H,3-6H2,1-2H3/b13-9+. The van der Waals surface area contributed by atoms with Crippen LogP contribution < -0.4 is 4.74 Å². The smallest absolute Gasteiger partial charge is 0.293 e. The lowest BCUT2D eigenvalue weighted by molar-refractivity contribution is -0.122. The number of rotatable bonds is 7. The Morgan fingerprint density at radius 3 is 2.79 bits per heavy atom. The molecule has 0 atom stereocenters. The Morgan fingerprint density at radius 2 is 2.12 bits per heavy atom. The molecule has 1 aromatic carbocycles. The van der Waals surface area contributed by atoms with Crippen LogP contribution in [0.4, 0.5) is 4.79 Å². The summed E-state index contributed by atoms with van der Waals surface area (Å²) in [4.78, 5) is 25.8. The number of benzene rings is 1. The minimum atomic E-state index is -0.344.